The van der Waals surface area contributed by atoms with E-state index < -0.39 is 11.2 Å². The maximum Gasteiger partial charge on any atom is 0.317 e. The zero-order valence-corrected chi connectivity index (χ0v) is 11.6. The molecular weight excluding hydrogens is 250 g/mol. The van der Waals surface area contributed by atoms with Crippen LogP contribution in [0.1, 0.15) is 38.9 Å². The summed E-state index contributed by atoms with van der Waals surface area (Å²) in [5.41, 5.74) is 0. The molecule has 0 radical (unpaired) electrons. The average Bonchev–Trinajstić information content (AvgIpc) is 2.54. The number of aromatic nitrogens is 3. The molecule has 18 heavy (non-hydrogen) atoms. The van der Waals surface area contributed by atoms with Crippen molar-refractivity contribution >= 4 is 17.7 Å². The number of thioether (sulfide) groups is 1. The standard InChI is InChI=1S/C12H19N3O2S/c1-8(2)10(11(16)17)18-12-14-13-9-6-4-3-5-7-15(9)12/h8,10H,3-7H2,1-2H3,(H,16,17). The van der Waals surface area contributed by atoms with Gasteiger partial charge in [0.25, 0.3) is 0 Å². The first-order chi connectivity index (χ1) is 8.59. The molecule has 1 unspecified atom stereocenters. The van der Waals surface area contributed by atoms with Crippen molar-refractivity contribution in [2.24, 2.45) is 5.92 Å². The van der Waals surface area contributed by atoms with Gasteiger partial charge >= 0.3 is 5.97 Å². The molecule has 0 fully saturated rings. The summed E-state index contributed by atoms with van der Waals surface area (Å²) >= 11 is 1.33. The smallest absolute Gasteiger partial charge is 0.317 e. The van der Waals surface area contributed by atoms with Crippen molar-refractivity contribution in [3.05, 3.63) is 5.82 Å². The van der Waals surface area contributed by atoms with Crippen LogP contribution in [0.2, 0.25) is 0 Å². The van der Waals surface area contributed by atoms with Crippen LogP contribution in [-0.2, 0) is 17.8 Å². The van der Waals surface area contributed by atoms with E-state index in [9.17, 15) is 9.90 Å². The minimum absolute atomic E-state index is 0.0752. The van der Waals surface area contributed by atoms with Gasteiger partial charge in [0.1, 0.15) is 11.1 Å². The van der Waals surface area contributed by atoms with Crippen molar-refractivity contribution in [2.45, 2.75) is 56.5 Å². The third-order valence-corrected chi connectivity index (χ3v) is 4.67. The Kier molecular flexibility index (Phi) is 4.27. The van der Waals surface area contributed by atoms with Gasteiger partial charge in [0.05, 0.1) is 0 Å². The highest BCUT2D eigenvalue weighted by molar-refractivity contribution is 8.00. The van der Waals surface area contributed by atoms with Gasteiger partial charge in [-0.1, -0.05) is 32.0 Å². The van der Waals surface area contributed by atoms with Crippen LogP contribution in [0.3, 0.4) is 0 Å². The number of carboxylic acid groups (broad SMARTS) is 1. The number of aliphatic carboxylic acids is 1. The molecule has 0 bridgehead atoms. The lowest BCUT2D eigenvalue weighted by Crippen LogP contribution is -2.23. The van der Waals surface area contributed by atoms with E-state index in [1.165, 1.54) is 18.2 Å². The first kappa shape index (κ1) is 13.4. The van der Waals surface area contributed by atoms with Gasteiger partial charge in [-0.2, -0.15) is 0 Å². The Hall–Kier alpha value is -1.04. The summed E-state index contributed by atoms with van der Waals surface area (Å²) in [5, 5.41) is 17.9. The van der Waals surface area contributed by atoms with Gasteiger partial charge in [0.15, 0.2) is 5.16 Å². The van der Waals surface area contributed by atoms with E-state index in [0.717, 1.165) is 36.8 Å². The molecule has 0 spiro atoms. The number of carboxylic acids is 1. The number of hydrogen-bond donors (Lipinski definition) is 1. The van der Waals surface area contributed by atoms with Gasteiger partial charge in [-0.3, -0.25) is 4.79 Å². The van der Waals surface area contributed by atoms with Gasteiger partial charge in [0.2, 0.25) is 0 Å². The molecule has 1 aliphatic rings. The lowest BCUT2D eigenvalue weighted by atomic mass is 10.1. The number of fused-ring (bicyclic) bond motifs is 1. The maximum atomic E-state index is 11.2. The van der Waals surface area contributed by atoms with Crippen LogP contribution < -0.4 is 0 Å². The fourth-order valence-corrected chi connectivity index (χ4v) is 3.14. The summed E-state index contributed by atoms with van der Waals surface area (Å²) in [4.78, 5) is 11.2. The van der Waals surface area contributed by atoms with Crippen LogP contribution in [0, 0.1) is 5.92 Å². The average molecular weight is 269 g/mol. The van der Waals surface area contributed by atoms with Crippen molar-refractivity contribution in [3.8, 4) is 0 Å². The van der Waals surface area contributed by atoms with Crippen LogP contribution in [0.25, 0.3) is 0 Å². The summed E-state index contributed by atoms with van der Waals surface area (Å²) in [7, 11) is 0. The van der Waals surface area contributed by atoms with Crippen molar-refractivity contribution < 1.29 is 9.90 Å². The molecular formula is C12H19N3O2S. The molecule has 5 nitrogen and oxygen atoms in total. The predicted molar refractivity (Wildman–Crippen MR) is 69.7 cm³/mol. The Labute approximate surface area is 111 Å². The van der Waals surface area contributed by atoms with Gasteiger partial charge in [-0.05, 0) is 18.8 Å². The molecule has 0 saturated heterocycles. The monoisotopic (exact) mass is 269 g/mol. The Bertz CT molecular complexity index is 431. The summed E-state index contributed by atoms with van der Waals surface area (Å²) in [6.07, 6.45) is 4.43. The highest BCUT2D eigenvalue weighted by atomic mass is 32.2. The lowest BCUT2D eigenvalue weighted by molar-refractivity contribution is -0.137. The Morgan fingerprint density at radius 1 is 1.33 bits per heavy atom. The predicted octanol–water partition coefficient (Wildman–Crippen LogP) is 2.21. The molecule has 2 rings (SSSR count). The SMILES string of the molecule is CC(C)C(Sc1nnc2n1CCCCC2)C(=O)O. The summed E-state index contributed by atoms with van der Waals surface area (Å²) < 4.78 is 2.09. The Balaban J connectivity index is 2.18. The number of aryl methyl sites for hydroxylation is 1. The molecule has 100 valence electrons. The van der Waals surface area contributed by atoms with Crippen molar-refractivity contribution in [1.82, 2.24) is 14.8 Å². The molecule has 0 aromatic carbocycles. The number of rotatable bonds is 4. The second kappa shape index (κ2) is 5.73. The first-order valence-corrected chi connectivity index (χ1v) is 7.29. The number of hydrogen-bond acceptors (Lipinski definition) is 4. The highest BCUT2D eigenvalue weighted by Gasteiger charge is 2.26. The lowest BCUT2D eigenvalue weighted by Gasteiger charge is -2.15. The van der Waals surface area contributed by atoms with Crippen LogP contribution in [0.5, 0.6) is 0 Å². The topological polar surface area (TPSA) is 68.0 Å². The summed E-state index contributed by atoms with van der Waals surface area (Å²) in [5.74, 6) is 0.301. The minimum Gasteiger partial charge on any atom is -0.480 e. The molecule has 2 heterocycles. The van der Waals surface area contributed by atoms with E-state index in [0.29, 0.717) is 0 Å². The van der Waals surface area contributed by atoms with E-state index in [1.807, 2.05) is 13.8 Å². The quantitative estimate of drug-likeness (QED) is 0.849. The van der Waals surface area contributed by atoms with E-state index in [2.05, 4.69) is 14.8 Å². The summed E-state index contributed by atoms with van der Waals surface area (Å²) in [6.45, 7) is 4.76. The normalized spacial score (nSPS) is 17.3. The zero-order valence-electron chi connectivity index (χ0n) is 10.8. The molecule has 1 aromatic rings. The number of carbonyl (C=O) groups is 1. The largest absolute Gasteiger partial charge is 0.480 e. The molecule has 1 atom stereocenters. The van der Waals surface area contributed by atoms with Crippen LogP contribution in [0.15, 0.2) is 5.16 Å². The fraction of sp³-hybridized carbons (Fsp3) is 0.750. The van der Waals surface area contributed by atoms with Gasteiger partial charge in [-0.25, -0.2) is 0 Å². The summed E-state index contributed by atoms with van der Waals surface area (Å²) in [6, 6.07) is 0. The van der Waals surface area contributed by atoms with Gasteiger partial charge in [0, 0.05) is 13.0 Å². The van der Waals surface area contributed by atoms with Gasteiger partial charge in [-0.15, -0.1) is 10.2 Å². The van der Waals surface area contributed by atoms with E-state index in [4.69, 9.17) is 0 Å². The molecule has 6 heteroatoms. The highest BCUT2D eigenvalue weighted by Crippen LogP contribution is 2.29. The van der Waals surface area contributed by atoms with E-state index in [1.54, 1.807) is 0 Å². The maximum absolute atomic E-state index is 11.2. The Morgan fingerprint density at radius 2 is 2.11 bits per heavy atom. The fourth-order valence-electron chi connectivity index (χ4n) is 2.13. The Morgan fingerprint density at radius 3 is 2.78 bits per heavy atom. The molecule has 0 saturated carbocycles. The second-order valence-corrected chi connectivity index (χ2v) is 6.09. The molecule has 1 aliphatic heterocycles. The third kappa shape index (κ3) is 2.85. The zero-order chi connectivity index (χ0) is 13.1. The van der Waals surface area contributed by atoms with E-state index >= 15 is 0 Å². The van der Waals surface area contributed by atoms with Crippen LogP contribution >= 0.6 is 11.8 Å². The number of nitrogens with zero attached hydrogens (tertiary/aromatic N) is 3. The third-order valence-electron chi connectivity index (χ3n) is 3.16. The van der Waals surface area contributed by atoms with Crippen LogP contribution in [-0.4, -0.2) is 31.1 Å². The minimum atomic E-state index is -0.777. The molecule has 0 aliphatic carbocycles. The molecule has 1 N–H and O–H groups in total. The molecule has 1 aromatic heterocycles. The van der Waals surface area contributed by atoms with Crippen molar-refractivity contribution in [3.63, 3.8) is 0 Å². The molecule has 0 amide bonds. The van der Waals surface area contributed by atoms with Crippen molar-refractivity contribution in [2.75, 3.05) is 0 Å². The van der Waals surface area contributed by atoms with E-state index in [-0.39, 0.29) is 5.92 Å². The second-order valence-electron chi connectivity index (χ2n) is 4.98. The first-order valence-electron chi connectivity index (χ1n) is 6.41. The van der Waals surface area contributed by atoms with Crippen molar-refractivity contribution in [1.29, 1.82) is 0 Å². The van der Waals surface area contributed by atoms with Crippen LogP contribution in [0.4, 0.5) is 0 Å². The van der Waals surface area contributed by atoms with Gasteiger partial charge < -0.3 is 9.67 Å².